The van der Waals surface area contributed by atoms with Crippen LogP contribution in [-0.4, -0.2) is 26.8 Å². The Morgan fingerprint density at radius 1 is 1.29 bits per heavy atom. The monoisotopic (exact) mass is 293 g/mol. The van der Waals surface area contributed by atoms with E-state index >= 15 is 0 Å². The molecule has 0 spiro atoms. The third-order valence-corrected chi connectivity index (χ3v) is 4.59. The average molecular weight is 293 g/mol. The molecule has 1 unspecified atom stereocenters. The van der Waals surface area contributed by atoms with Gasteiger partial charge in [0.25, 0.3) is 0 Å². The molecule has 2 rings (SSSR count). The lowest BCUT2D eigenvalue weighted by molar-refractivity contribution is 0.190. The first-order valence-corrected chi connectivity index (χ1v) is 8.23. The molecule has 1 aromatic rings. The van der Waals surface area contributed by atoms with Crippen LogP contribution in [0.25, 0.3) is 0 Å². The summed E-state index contributed by atoms with van der Waals surface area (Å²) in [5.74, 6) is 1.25. The molecule has 0 bridgehead atoms. The van der Waals surface area contributed by atoms with Crippen LogP contribution in [0, 0.1) is 17.7 Å². The summed E-state index contributed by atoms with van der Waals surface area (Å²) in [5, 5.41) is 3.50. The summed E-state index contributed by atoms with van der Waals surface area (Å²) in [6.45, 7) is 2.64. The van der Waals surface area contributed by atoms with Crippen LogP contribution in [0.1, 0.15) is 37.7 Å². The van der Waals surface area contributed by atoms with Crippen molar-refractivity contribution in [2.75, 3.05) is 26.8 Å². The van der Waals surface area contributed by atoms with Gasteiger partial charge < -0.3 is 10.1 Å². The number of ether oxygens (including phenoxy) is 1. The zero-order chi connectivity index (χ0) is 14.9. The molecule has 0 aromatic heterocycles. The molecular weight excluding hydrogens is 265 g/mol. The second-order valence-corrected chi connectivity index (χ2v) is 6.19. The number of hydrogen-bond donors (Lipinski definition) is 1. The zero-order valence-electron chi connectivity index (χ0n) is 13.1. The number of methoxy groups -OCH3 is 1. The van der Waals surface area contributed by atoms with E-state index in [4.69, 9.17) is 4.74 Å². The van der Waals surface area contributed by atoms with Crippen molar-refractivity contribution in [2.45, 2.75) is 38.5 Å². The van der Waals surface area contributed by atoms with E-state index in [0.717, 1.165) is 37.6 Å². The highest BCUT2D eigenvalue weighted by atomic mass is 19.1. The van der Waals surface area contributed by atoms with Crippen molar-refractivity contribution in [1.29, 1.82) is 0 Å². The largest absolute Gasteiger partial charge is 0.383 e. The van der Waals surface area contributed by atoms with Gasteiger partial charge in [0.2, 0.25) is 0 Å². The Morgan fingerprint density at radius 2 is 2.10 bits per heavy atom. The van der Waals surface area contributed by atoms with Gasteiger partial charge in [0.1, 0.15) is 5.82 Å². The molecule has 1 aromatic carbocycles. The van der Waals surface area contributed by atoms with E-state index in [1.807, 2.05) is 12.1 Å². The lowest BCUT2D eigenvalue weighted by Gasteiger charge is -2.31. The molecule has 0 heterocycles. The first-order chi connectivity index (χ1) is 10.3. The molecule has 118 valence electrons. The second kappa shape index (κ2) is 9.16. The quantitative estimate of drug-likeness (QED) is 0.736. The van der Waals surface area contributed by atoms with Crippen LogP contribution < -0.4 is 5.32 Å². The van der Waals surface area contributed by atoms with E-state index in [1.54, 1.807) is 13.2 Å². The molecule has 0 radical (unpaired) electrons. The summed E-state index contributed by atoms with van der Waals surface area (Å²) < 4.78 is 18.5. The third kappa shape index (κ3) is 5.76. The minimum absolute atomic E-state index is 0.123. The van der Waals surface area contributed by atoms with Gasteiger partial charge in [0.05, 0.1) is 6.61 Å². The van der Waals surface area contributed by atoms with Gasteiger partial charge in [-0.1, -0.05) is 44.2 Å². The average Bonchev–Trinajstić information content (AvgIpc) is 2.51. The topological polar surface area (TPSA) is 21.3 Å². The predicted molar refractivity (Wildman–Crippen MR) is 84.9 cm³/mol. The highest BCUT2D eigenvalue weighted by molar-refractivity contribution is 5.17. The van der Waals surface area contributed by atoms with Gasteiger partial charge in [-0.2, -0.15) is 0 Å². The maximum Gasteiger partial charge on any atom is 0.123 e. The van der Waals surface area contributed by atoms with Crippen LogP contribution in [0.3, 0.4) is 0 Å². The number of rotatable bonds is 8. The molecule has 21 heavy (non-hydrogen) atoms. The summed E-state index contributed by atoms with van der Waals surface area (Å²) in [5.41, 5.74) is 1.12. The van der Waals surface area contributed by atoms with Crippen LogP contribution in [0.5, 0.6) is 0 Å². The molecule has 2 nitrogen and oxygen atoms in total. The predicted octanol–water partition coefficient (Wildman–Crippen LogP) is 3.80. The first kappa shape index (κ1) is 16.4. The van der Waals surface area contributed by atoms with E-state index in [2.05, 4.69) is 5.32 Å². The number of nitrogens with one attached hydrogen (secondary N) is 1. The lowest BCUT2D eigenvalue weighted by atomic mass is 9.77. The summed E-state index contributed by atoms with van der Waals surface area (Å²) in [7, 11) is 1.73. The molecular formula is C18H28FNO. The smallest absolute Gasteiger partial charge is 0.123 e. The van der Waals surface area contributed by atoms with Crippen molar-refractivity contribution < 1.29 is 9.13 Å². The van der Waals surface area contributed by atoms with Crippen molar-refractivity contribution in [1.82, 2.24) is 5.32 Å². The summed E-state index contributed by atoms with van der Waals surface area (Å²) >= 11 is 0. The van der Waals surface area contributed by atoms with Crippen LogP contribution in [0.4, 0.5) is 4.39 Å². The molecule has 1 fully saturated rings. The fourth-order valence-electron chi connectivity index (χ4n) is 3.44. The van der Waals surface area contributed by atoms with Crippen LogP contribution in [0.15, 0.2) is 24.3 Å². The SMILES string of the molecule is COCCNCC(Cc1cccc(F)c1)C1CCCCC1. The molecule has 0 amide bonds. The Balaban J connectivity index is 1.93. The van der Waals surface area contributed by atoms with E-state index in [-0.39, 0.29) is 5.82 Å². The second-order valence-electron chi connectivity index (χ2n) is 6.19. The minimum atomic E-state index is -0.123. The lowest BCUT2D eigenvalue weighted by Crippen LogP contribution is -2.32. The summed E-state index contributed by atoms with van der Waals surface area (Å²) in [4.78, 5) is 0. The highest BCUT2D eigenvalue weighted by Gasteiger charge is 2.23. The third-order valence-electron chi connectivity index (χ3n) is 4.59. The van der Waals surface area contributed by atoms with Gasteiger partial charge in [-0.15, -0.1) is 0 Å². The Morgan fingerprint density at radius 3 is 2.81 bits per heavy atom. The standard InChI is InChI=1S/C18H28FNO/c1-21-11-10-20-14-17(16-7-3-2-4-8-16)12-15-6-5-9-18(19)13-15/h5-6,9,13,16-17,20H,2-4,7-8,10-12,14H2,1H3. The Kier molecular flexibility index (Phi) is 7.17. The van der Waals surface area contributed by atoms with Crippen molar-refractivity contribution >= 4 is 0 Å². The fraction of sp³-hybridized carbons (Fsp3) is 0.667. The van der Waals surface area contributed by atoms with E-state index < -0.39 is 0 Å². The number of benzene rings is 1. The van der Waals surface area contributed by atoms with Gasteiger partial charge in [-0.05, 0) is 42.5 Å². The van der Waals surface area contributed by atoms with E-state index in [0.29, 0.717) is 5.92 Å². The number of hydrogen-bond acceptors (Lipinski definition) is 2. The zero-order valence-corrected chi connectivity index (χ0v) is 13.1. The Hall–Kier alpha value is -0.930. The molecule has 1 saturated carbocycles. The normalized spacial score (nSPS) is 17.8. The van der Waals surface area contributed by atoms with Gasteiger partial charge >= 0.3 is 0 Å². The molecule has 1 aliphatic rings. The Labute approximate surface area is 128 Å². The first-order valence-electron chi connectivity index (χ1n) is 8.23. The fourth-order valence-corrected chi connectivity index (χ4v) is 3.44. The molecule has 0 saturated heterocycles. The van der Waals surface area contributed by atoms with Crippen LogP contribution in [0.2, 0.25) is 0 Å². The van der Waals surface area contributed by atoms with Crippen molar-refractivity contribution in [3.05, 3.63) is 35.6 Å². The maximum atomic E-state index is 13.4. The summed E-state index contributed by atoms with van der Waals surface area (Å²) in [6, 6.07) is 7.08. The minimum Gasteiger partial charge on any atom is -0.383 e. The van der Waals surface area contributed by atoms with Crippen molar-refractivity contribution in [2.24, 2.45) is 11.8 Å². The number of halogens is 1. The molecule has 1 atom stereocenters. The van der Waals surface area contributed by atoms with Gasteiger partial charge in [0, 0.05) is 13.7 Å². The maximum absolute atomic E-state index is 13.4. The molecule has 1 N–H and O–H groups in total. The van der Waals surface area contributed by atoms with E-state index in [9.17, 15) is 4.39 Å². The molecule has 0 aliphatic heterocycles. The molecule has 1 aliphatic carbocycles. The molecule has 3 heteroatoms. The highest BCUT2D eigenvalue weighted by Crippen LogP contribution is 2.31. The van der Waals surface area contributed by atoms with Gasteiger partial charge in [-0.3, -0.25) is 0 Å². The van der Waals surface area contributed by atoms with E-state index in [1.165, 1.54) is 38.2 Å². The van der Waals surface area contributed by atoms with Gasteiger partial charge in [-0.25, -0.2) is 4.39 Å². The van der Waals surface area contributed by atoms with Gasteiger partial charge in [0.15, 0.2) is 0 Å². The van der Waals surface area contributed by atoms with Crippen molar-refractivity contribution in [3.8, 4) is 0 Å². The van der Waals surface area contributed by atoms with Crippen LogP contribution in [-0.2, 0) is 11.2 Å². The van der Waals surface area contributed by atoms with Crippen LogP contribution >= 0.6 is 0 Å². The summed E-state index contributed by atoms with van der Waals surface area (Å²) in [6.07, 6.45) is 7.70. The Bertz CT molecular complexity index is 404. The van der Waals surface area contributed by atoms with Crippen molar-refractivity contribution in [3.63, 3.8) is 0 Å².